The van der Waals surface area contributed by atoms with E-state index in [1.807, 2.05) is 6.07 Å². The normalized spacial score (nSPS) is 20.7. The molecule has 0 atom stereocenters. The molecule has 1 aliphatic carbocycles. The van der Waals surface area contributed by atoms with Crippen LogP contribution < -0.4 is 4.72 Å². The number of hydrogen-bond acceptors (Lipinski definition) is 4. The average molecular weight is 389 g/mol. The first-order valence-electron chi connectivity index (χ1n) is 9.41. The SMILES string of the molecule is CN(C)C1CCC(CNS(=O)(=O)c2ccc(-c3cccc(O)c3)cc2)CC1. The zero-order valence-corrected chi connectivity index (χ0v) is 16.7. The lowest BCUT2D eigenvalue weighted by Crippen LogP contribution is -2.36. The van der Waals surface area contributed by atoms with Gasteiger partial charge in [0.1, 0.15) is 5.75 Å². The van der Waals surface area contributed by atoms with E-state index in [4.69, 9.17) is 0 Å². The minimum absolute atomic E-state index is 0.190. The largest absolute Gasteiger partial charge is 0.508 e. The van der Waals surface area contributed by atoms with Crippen LogP contribution in [-0.2, 0) is 10.0 Å². The van der Waals surface area contributed by atoms with Gasteiger partial charge >= 0.3 is 0 Å². The molecule has 2 aromatic rings. The summed E-state index contributed by atoms with van der Waals surface area (Å²) in [6, 6.07) is 14.3. The van der Waals surface area contributed by atoms with Gasteiger partial charge in [-0.1, -0.05) is 24.3 Å². The minimum atomic E-state index is -3.51. The second-order valence-corrected chi connectivity index (χ2v) is 9.33. The van der Waals surface area contributed by atoms with Gasteiger partial charge in [0.25, 0.3) is 0 Å². The summed E-state index contributed by atoms with van der Waals surface area (Å²) in [6.07, 6.45) is 4.36. The highest BCUT2D eigenvalue weighted by atomic mass is 32.2. The van der Waals surface area contributed by atoms with Crippen molar-refractivity contribution in [2.75, 3.05) is 20.6 Å². The van der Waals surface area contributed by atoms with Crippen molar-refractivity contribution in [3.63, 3.8) is 0 Å². The van der Waals surface area contributed by atoms with Crippen LogP contribution in [0.2, 0.25) is 0 Å². The number of hydrogen-bond donors (Lipinski definition) is 2. The summed E-state index contributed by atoms with van der Waals surface area (Å²) in [5.41, 5.74) is 1.72. The van der Waals surface area contributed by atoms with E-state index in [1.54, 1.807) is 42.5 Å². The number of benzene rings is 2. The Bertz CT molecular complexity index is 855. The average Bonchev–Trinajstić information content (AvgIpc) is 2.67. The zero-order chi connectivity index (χ0) is 19.4. The summed E-state index contributed by atoms with van der Waals surface area (Å²) in [7, 11) is 0.704. The number of phenols is 1. The van der Waals surface area contributed by atoms with Crippen LogP contribution >= 0.6 is 0 Å². The van der Waals surface area contributed by atoms with Gasteiger partial charge in [0.15, 0.2) is 0 Å². The lowest BCUT2D eigenvalue weighted by molar-refractivity contribution is 0.194. The Hall–Kier alpha value is -1.89. The molecule has 0 unspecified atom stereocenters. The van der Waals surface area contributed by atoms with Crippen molar-refractivity contribution in [2.24, 2.45) is 5.92 Å². The Labute approximate surface area is 162 Å². The van der Waals surface area contributed by atoms with Crippen LogP contribution in [0, 0.1) is 5.92 Å². The summed E-state index contributed by atoms with van der Waals surface area (Å²) in [4.78, 5) is 2.53. The number of rotatable bonds is 6. The van der Waals surface area contributed by atoms with Crippen LogP contribution in [0.1, 0.15) is 25.7 Å². The van der Waals surface area contributed by atoms with Gasteiger partial charge in [0.2, 0.25) is 10.0 Å². The fraction of sp³-hybridized carbons (Fsp3) is 0.429. The maximum atomic E-state index is 12.6. The van der Waals surface area contributed by atoms with E-state index in [9.17, 15) is 13.5 Å². The van der Waals surface area contributed by atoms with Crippen LogP contribution in [0.15, 0.2) is 53.4 Å². The summed E-state index contributed by atoms with van der Waals surface area (Å²) in [6.45, 7) is 0.497. The Morgan fingerprint density at radius 2 is 1.67 bits per heavy atom. The van der Waals surface area contributed by atoms with Gasteiger partial charge in [-0.15, -0.1) is 0 Å². The fourth-order valence-electron chi connectivity index (χ4n) is 3.69. The van der Waals surface area contributed by atoms with Crippen molar-refractivity contribution < 1.29 is 13.5 Å². The molecule has 146 valence electrons. The van der Waals surface area contributed by atoms with Crippen molar-refractivity contribution in [1.82, 2.24) is 9.62 Å². The molecule has 1 aliphatic rings. The summed E-state index contributed by atoms with van der Waals surface area (Å²) in [5.74, 6) is 0.595. The lowest BCUT2D eigenvalue weighted by Gasteiger charge is -2.32. The number of phenolic OH excluding ortho intramolecular Hbond substituents is 1. The van der Waals surface area contributed by atoms with E-state index in [0.717, 1.165) is 36.8 Å². The number of aromatic hydroxyl groups is 1. The maximum Gasteiger partial charge on any atom is 0.240 e. The van der Waals surface area contributed by atoms with Gasteiger partial charge in [-0.2, -0.15) is 0 Å². The molecule has 5 nitrogen and oxygen atoms in total. The van der Waals surface area contributed by atoms with Gasteiger partial charge in [-0.3, -0.25) is 0 Å². The molecule has 0 aliphatic heterocycles. The molecule has 0 bridgehead atoms. The molecule has 6 heteroatoms. The van der Waals surface area contributed by atoms with E-state index in [2.05, 4.69) is 23.7 Å². The number of nitrogens with one attached hydrogen (secondary N) is 1. The standard InChI is InChI=1S/C21H28N2O3S/c1-23(2)19-10-6-16(7-11-19)15-22-27(25,26)21-12-8-17(9-13-21)18-4-3-5-20(24)14-18/h3-5,8-9,12-14,16,19,22,24H,6-7,10-11,15H2,1-2H3. The molecule has 0 saturated heterocycles. The molecular weight excluding hydrogens is 360 g/mol. The third-order valence-corrected chi connectivity index (χ3v) is 6.89. The van der Waals surface area contributed by atoms with Crippen molar-refractivity contribution in [2.45, 2.75) is 36.6 Å². The van der Waals surface area contributed by atoms with Crippen molar-refractivity contribution in [3.05, 3.63) is 48.5 Å². The van der Waals surface area contributed by atoms with Crippen molar-refractivity contribution in [1.29, 1.82) is 0 Å². The topological polar surface area (TPSA) is 69.6 Å². The highest BCUT2D eigenvalue weighted by Crippen LogP contribution is 2.27. The molecule has 2 N–H and O–H groups in total. The van der Waals surface area contributed by atoms with Gasteiger partial charge in [-0.05, 0) is 81.1 Å². The molecular formula is C21H28N2O3S. The van der Waals surface area contributed by atoms with E-state index in [-0.39, 0.29) is 10.6 Å². The molecule has 3 rings (SSSR count). The smallest absolute Gasteiger partial charge is 0.240 e. The molecule has 27 heavy (non-hydrogen) atoms. The van der Waals surface area contributed by atoms with Crippen LogP contribution in [0.25, 0.3) is 11.1 Å². The molecule has 2 aromatic carbocycles. The first-order valence-corrected chi connectivity index (χ1v) is 10.9. The maximum absolute atomic E-state index is 12.6. The minimum Gasteiger partial charge on any atom is -0.508 e. The third-order valence-electron chi connectivity index (χ3n) is 5.45. The third kappa shape index (κ3) is 5.09. The molecule has 0 heterocycles. The van der Waals surface area contributed by atoms with E-state index >= 15 is 0 Å². The molecule has 0 aromatic heterocycles. The summed E-state index contributed by atoms with van der Waals surface area (Å²) < 4.78 is 28.0. The molecule has 0 spiro atoms. The predicted octanol–water partition coefficient (Wildman–Crippen LogP) is 3.46. The van der Waals surface area contributed by atoms with Crippen LogP contribution in [-0.4, -0.2) is 45.1 Å². The van der Waals surface area contributed by atoms with Crippen molar-refractivity contribution >= 4 is 10.0 Å². The lowest BCUT2D eigenvalue weighted by atomic mass is 9.86. The molecule has 0 amide bonds. The Morgan fingerprint density at radius 3 is 2.26 bits per heavy atom. The second kappa shape index (κ2) is 8.42. The Kier molecular flexibility index (Phi) is 6.19. The van der Waals surface area contributed by atoms with Gasteiger partial charge < -0.3 is 10.0 Å². The van der Waals surface area contributed by atoms with Crippen LogP contribution in [0.4, 0.5) is 0 Å². The fourth-order valence-corrected chi connectivity index (χ4v) is 4.80. The van der Waals surface area contributed by atoms with E-state index < -0.39 is 10.0 Å². The monoisotopic (exact) mass is 388 g/mol. The highest BCUT2D eigenvalue weighted by molar-refractivity contribution is 7.89. The number of nitrogens with zero attached hydrogens (tertiary/aromatic N) is 1. The Balaban J connectivity index is 1.60. The van der Waals surface area contributed by atoms with E-state index in [1.165, 1.54) is 0 Å². The van der Waals surface area contributed by atoms with Gasteiger partial charge in [0.05, 0.1) is 4.90 Å². The predicted molar refractivity (Wildman–Crippen MR) is 108 cm³/mol. The molecule has 0 radical (unpaired) electrons. The van der Waals surface area contributed by atoms with Gasteiger partial charge in [-0.25, -0.2) is 13.1 Å². The summed E-state index contributed by atoms with van der Waals surface area (Å²) >= 11 is 0. The Morgan fingerprint density at radius 1 is 1.00 bits per heavy atom. The van der Waals surface area contributed by atoms with E-state index in [0.29, 0.717) is 18.5 Å². The molecule has 1 fully saturated rings. The quantitative estimate of drug-likeness (QED) is 0.795. The second-order valence-electron chi connectivity index (χ2n) is 7.56. The first-order chi connectivity index (χ1) is 12.8. The zero-order valence-electron chi connectivity index (χ0n) is 15.9. The van der Waals surface area contributed by atoms with Crippen LogP contribution in [0.3, 0.4) is 0 Å². The highest BCUT2D eigenvalue weighted by Gasteiger charge is 2.24. The van der Waals surface area contributed by atoms with Gasteiger partial charge in [0, 0.05) is 12.6 Å². The molecule has 1 saturated carbocycles. The van der Waals surface area contributed by atoms with Crippen molar-refractivity contribution in [3.8, 4) is 16.9 Å². The van der Waals surface area contributed by atoms with Crippen LogP contribution in [0.5, 0.6) is 5.75 Å². The first kappa shape index (κ1) is 19.9. The summed E-state index contributed by atoms with van der Waals surface area (Å²) in [5, 5.41) is 9.59. The number of sulfonamides is 1.